The summed E-state index contributed by atoms with van der Waals surface area (Å²) in [4.78, 5) is 4.36. The van der Waals surface area contributed by atoms with Crippen molar-refractivity contribution in [1.82, 2.24) is 10.6 Å². The Morgan fingerprint density at radius 3 is 2.56 bits per heavy atom. The zero-order valence-electron chi connectivity index (χ0n) is 19.0. The van der Waals surface area contributed by atoms with E-state index in [1.54, 1.807) is 14.2 Å². The van der Waals surface area contributed by atoms with Crippen LogP contribution in [0.4, 0.5) is 0 Å². The SMILES string of the molecule is CN=C(NCc1ccc2c(c1)OCCCO2)NCc1cccc(OC)c1OC1CCCC1. The van der Waals surface area contributed by atoms with Crippen LogP contribution in [0.2, 0.25) is 0 Å². The molecule has 32 heavy (non-hydrogen) atoms. The van der Waals surface area contributed by atoms with Gasteiger partial charge in [0.25, 0.3) is 0 Å². The zero-order valence-corrected chi connectivity index (χ0v) is 19.0. The number of nitrogens with one attached hydrogen (secondary N) is 2. The summed E-state index contributed by atoms with van der Waals surface area (Å²) in [5.74, 6) is 3.92. The number of hydrogen-bond donors (Lipinski definition) is 2. The minimum atomic E-state index is 0.266. The molecule has 2 N–H and O–H groups in total. The number of guanidine groups is 1. The van der Waals surface area contributed by atoms with Gasteiger partial charge >= 0.3 is 0 Å². The normalized spacial score (nSPS) is 16.4. The third-order valence-corrected chi connectivity index (χ3v) is 5.81. The Balaban J connectivity index is 1.37. The lowest BCUT2D eigenvalue weighted by Crippen LogP contribution is -2.36. The maximum absolute atomic E-state index is 6.34. The quantitative estimate of drug-likeness (QED) is 0.501. The van der Waals surface area contributed by atoms with Gasteiger partial charge in [0.15, 0.2) is 29.0 Å². The lowest BCUT2D eigenvalue weighted by molar-refractivity contribution is 0.198. The fourth-order valence-corrected chi connectivity index (χ4v) is 4.07. The molecule has 1 fully saturated rings. The van der Waals surface area contributed by atoms with Crippen LogP contribution < -0.4 is 29.6 Å². The van der Waals surface area contributed by atoms with Crippen LogP contribution in [-0.2, 0) is 13.1 Å². The predicted molar refractivity (Wildman–Crippen MR) is 125 cm³/mol. The average Bonchev–Trinajstić information content (AvgIpc) is 3.22. The fourth-order valence-electron chi connectivity index (χ4n) is 4.07. The van der Waals surface area contributed by atoms with Crippen LogP contribution >= 0.6 is 0 Å². The van der Waals surface area contributed by atoms with Crippen LogP contribution in [0.1, 0.15) is 43.2 Å². The number of ether oxygens (including phenoxy) is 4. The van der Waals surface area contributed by atoms with Crippen LogP contribution in [0.15, 0.2) is 41.4 Å². The van der Waals surface area contributed by atoms with Crippen molar-refractivity contribution < 1.29 is 18.9 Å². The lowest BCUT2D eigenvalue weighted by atomic mass is 10.1. The second-order valence-electron chi connectivity index (χ2n) is 8.08. The topological polar surface area (TPSA) is 73.3 Å². The Hall–Kier alpha value is -3.09. The van der Waals surface area contributed by atoms with Gasteiger partial charge in [0, 0.05) is 32.1 Å². The highest BCUT2D eigenvalue weighted by Gasteiger charge is 2.20. The summed E-state index contributed by atoms with van der Waals surface area (Å²) in [6.07, 6.45) is 5.82. The molecule has 2 aromatic carbocycles. The molecule has 0 atom stereocenters. The molecule has 0 saturated heterocycles. The molecule has 0 unspecified atom stereocenters. The maximum Gasteiger partial charge on any atom is 0.191 e. The molecule has 1 heterocycles. The summed E-state index contributed by atoms with van der Waals surface area (Å²) in [6.45, 7) is 2.58. The predicted octanol–water partition coefficient (Wildman–Crippen LogP) is 4.04. The average molecular weight is 440 g/mol. The van der Waals surface area contributed by atoms with Gasteiger partial charge in [-0.15, -0.1) is 0 Å². The van der Waals surface area contributed by atoms with Gasteiger partial charge in [-0.1, -0.05) is 18.2 Å². The van der Waals surface area contributed by atoms with Crippen LogP contribution in [0.5, 0.6) is 23.0 Å². The van der Waals surface area contributed by atoms with E-state index in [4.69, 9.17) is 18.9 Å². The number of para-hydroxylation sites is 1. The molecule has 4 rings (SSSR count). The maximum atomic E-state index is 6.34. The number of methoxy groups -OCH3 is 1. The standard InChI is InChI=1S/C25H33N3O4/c1-26-25(27-16-18-11-12-21-23(15-18)31-14-6-13-30-21)28-17-19-7-5-10-22(29-2)24(19)32-20-8-3-4-9-20/h5,7,10-12,15,20H,3-4,6,8-9,13-14,16-17H2,1-2H3,(H2,26,27,28). The van der Waals surface area contributed by atoms with Crippen molar-refractivity contribution in [2.75, 3.05) is 27.4 Å². The lowest BCUT2D eigenvalue weighted by Gasteiger charge is -2.20. The molecule has 0 amide bonds. The summed E-state index contributed by atoms with van der Waals surface area (Å²) >= 11 is 0. The van der Waals surface area contributed by atoms with Crippen molar-refractivity contribution in [3.63, 3.8) is 0 Å². The Bertz CT molecular complexity index is 925. The molecule has 2 aliphatic rings. The Morgan fingerprint density at radius 1 is 1.00 bits per heavy atom. The molecule has 0 spiro atoms. The first-order valence-corrected chi connectivity index (χ1v) is 11.4. The summed E-state index contributed by atoms with van der Waals surface area (Å²) in [7, 11) is 3.45. The van der Waals surface area contributed by atoms with E-state index >= 15 is 0 Å². The molecule has 0 radical (unpaired) electrons. The Labute approximate surface area is 190 Å². The third kappa shape index (κ3) is 5.58. The van der Waals surface area contributed by atoms with E-state index in [-0.39, 0.29) is 6.10 Å². The van der Waals surface area contributed by atoms with Gasteiger partial charge in [-0.2, -0.15) is 0 Å². The van der Waals surface area contributed by atoms with Crippen molar-refractivity contribution >= 4 is 5.96 Å². The largest absolute Gasteiger partial charge is 0.493 e. The third-order valence-electron chi connectivity index (χ3n) is 5.81. The number of benzene rings is 2. The van der Waals surface area contributed by atoms with Gasteiger partial charge in [0.05, 0.1) is 26.4 Å². The molecule has 2 aromatic rings. The van der Waals surface area contributed by atoms with E-state index in [0.29, 0.717) is 32.3 Å². The van der Waals surface area contributed by atoms with Crippen molar-refractivity contribution in [1.29, 1.82) is 0 Å². The van der Waals surface area contributed by atoms with Gasteiger partial charge in [-0.05, 0) is 49.4 Å². The highest BCUT2D eigenvalue weighted by molar-refractivity contribution is 5.79. The van der Waals surface area contributed by atoms with E-state index < -0.39 is 0 Å². The van der Waals surface area contributed by atoms with Gasteiger partial charge in [-0.3, -0.25) is 4.99 Å². The van der Waals surface area contributed by atoms with Gasteiger partial charge in [0.1, 0.15) is 0 Å². The first-order valence-electron chi connectivity index (χ1n) is 11.4. The minimum absolute atomic E-state index is 0.266. The van der Waals surface area contributed by atoms with Crippen molar-refractivity contribution in [3.8, 4) is 23.0 Å². The minimum Gasteiger partial charge on any atom is -0.493 e. The summed E-state index contributed by atoms with van der Waals surface area (Å²) in [5, 5.41) is 6.76. The molecule has 7 heteroatoms. The van der Waals surface area contributed by atoms with Crippen molar-refractivity contribution in [3.05, 3.63) is 47.5 Å². The van der Waals surface area contributed by atoms with Gasteiger partial charge in [-0.25, -0.2) is 0 Å². The summed E-state index contributed by atoms with van der Waals surface area (Å²) < 4.78 is 23.4. The van der Waals surface area contributed by atoms with Crippen LogP contribution in [0.25, 0.3) is 0 Å². The van der Waals surface area contributed by atoms with Crippen LogP contribution in [0, 0.1) is 0 Å². The van der Waals surface area contributed by atoms with Crippen molar-refractivity contribution in [2.24, 2.45) is 4.99 Å². The zero-order chi connectivity index (χ0) is 22.2. The number of rotatable bonds is 7. The molecular weight excluding hydrogens is 406 g/mol. The van der Waals surface area contributed by atoms with E-state index in [0.717, 1.165) is 53.4 Å². The molecule has 1 aliphatic carbocycles. The first-order chi connectivity index (χ1) is 15.8. The van der Waals surface area contributed by atoms with Gasteiger partial charge < -0.3 is 29.6 Å². The van der Waals surface area contributed by atoms with E-state index in [1.165, 1.54) is 12.8 Å². The monoisotopic (exact) mass is 439 g/mol. The summed E-state index contributed by atoms with van der Waals surface area (Å²) in [6, 6.07) is 12.0. The molecule has 0 aromatic heterocycles. The van der Waals surface area contributed by atoms with E-state index in [1.807, 2.05) is 30.3 Å². The van der Waals surface area contributed by atoms with E-state index in [9.17, 15) is 0 Å². The number of fused-ring (bicyclic) bond motifs is 1. The highest BCUT2D eigenvalue weighted by Crippen LogP contribution is 2.35. The molecule has 1 aliphatic heterocycles. The number of aliphatic imine (C=N–C) groups is 1. The fraction of sp³-hybridized carbons (Fsp3) is 0.480. The van der Waals surface area contributed by atoms with Gasteiger partial charge in [0.2, 0.25) is 0 Å². The Kier molecular flexibility index (Phi) is 7.59. The van der Waals surface area contributed by atoms with Crippen LogP contribution in [-0.4, -0.2) is 39.4 Å². The highest BCUT2D eigenvalue weighted by atomic mass is 16.5. The summed E-state index contributed by atoms with van der Waals surface area (Å²) in [5.41, 5.74) is 2.15. The Morgan fingerprint density at radius 2 is 1.78 bits per heavy atom. The molecule has 172 valence electrons. The molecule has 1 saturated carbocycles. The number of hydrogen-bond acceptors (Lipinski definition) is 5. The second kappa shape index (κ2) is 11.0. The number of nitrogens with zero attached hydrogens (tertiary/aromatic N) is 1. The first kappa shape index (κ1) is 22.1. The molecule has 0 bridgehead atoms. The van der Waals surface area contributed by atoms with Crippen molar-refractivity contribution in [2.45, 2.75) is 51.3 Å². The smallest absolute Gasteiger partial charge is 0.191 e. The van der Waals surface area contributed by atoms with Crippen LogP contribution in [0.3, 0.4) is 0 Å². The molecule has 7 nitrogen and oxygen atoms in total. The molecular formula is C25H33N3O4. The second-order valence-corrected chi connectivity index (χ2v) is 8.08. The van der Waals surface area contributed by atoms with E-state index in [2.05, 4.69) is 21.7 Å².